The van der Waals surface area contributed by atoms with Gasteiger partial charge in [0, 0.05) is 31.3 Å². The molecule has 2 aromatic carbocycles. The number of carbonyl (C=O) groups excluding carboxylic acids is 1. The summed E-state index contributed by atoms with van der Waals surface area (Å²) in [7, 11) is 0. The van der Waals surface area contributed by atoms with Gasteiger partial charge in [0.05, 0.1) is 5.39 Å². The van der Waals surface area contributed by atoms with E-state index in [1.807, 2.05) is 11.0 Å². The maximum Gasteiger partial charge on any atom is 0.289 e. The van der Waals surface area contributed by atoms with Crippen molar-refractivity contribution in [3.8, 4) is 0 Å². The Morgan fingerprint density at radius 3 is 2.56 bits per heavy atom. The van der Waals surface area contributed by atoms with Gasteiger partial charge in [0.2, 0.25) is 0 Å². The number of hydrogen-bond donors (Lipinski definition) is 0. The molecule has 0 saturated carbocycles. The van der Waals surface area contributed by atoms with Crippen molar-refractivity contribution in [1.29, 1.82) is 0 Å². The summed E-state index contributed by atoms with van der Waals surface area (Å²) < 4.78 is 19.3. The molecule has 1 amide bonds. The molecular weight excluding hydrogens is 407 g/mol. The van der Waals surface area contributed by atoms with Crippen molar-refractivity contribution in [3.05, 3.63) is 82.0 Å². The van der Waals surface area contributed by atoms with E-state index in [2.05, 4.69) is 29.2 Å². The zero-order chi connectivity index (χ0) is 22.1. The van der Waals surface area contributed by atoms with Gasteiger partial charge in [-0.2, -0.15) is 0 Å². The Kier molecular flexibility index (Phi) is 5.79. The molecule has 3 heterocycles. The molecule has 32 heavy (non-hydrogen) atoms. The van der Waals surface area contributed by atoms with Gasteiger partial charge in [-0.05, 0) is 62.4 Å². The molecular formula is C26H27FN2O3. The Morgan fingerprint density at radius 2 is 1.78 bits per heavy atom. The summed E-state index contributed by atoms with van der Waals surface area (Å²) in [6.07, 6.45) is 4.02. The first-order chi connectivity index (χ1) is 15.6. The lowest BCUT2D eigenvalue weighted by Crippen LogP contribution is -2.44. The van der Waals surface area contributed by atoms with Gasteiger partial charge in [0.1, 0.15) is 11.4 Å². The minimum atomic E-state index is -0.494. The highest BCUT2D eigenvalue weighted by Gasteiger charge is 2.37. The molecule has 5 rings (SSSR count). The van der Waals surface area contributed by atoms with Crippen molar-refractivity contribution < 1.29 is 13.6 Å². The first-order valence-corrected chi connectivity index (χ1v) is 11.4. The van der Waals surface area contributed by atoms with E-state index in [-0.39, 0.29) is 34.1 Å². The first kappa shape index (κ1) is 20.9. The van der Waals surface area contributed by atoms with Gasteiger partial charge < -0.3 is 9.32 Å². The molecule has 2 aliphatic rings. The SMILES string of the molecule is O=C(c1cc(=O)c2ccc(F)cc2o1)N1CCCC1C1CCN(Cc2ccccc2)CC1. The maximum absolute atomic E-state index is 13.6. The largest absolute Gasteiger partial charge is 0.451 e. The number of fused-ring (bicyclic) bond motifs is 1. The van der Waals surface area contributed by atoms with Crippen molar-refractivity contribution in [2.24, 2.45) is 5.92 Å². The Bertz CT molecular complexity index is 1170. The molecule has 0 N–H and O–H groups in total. The summed E-state index contributed by atoms with van der Waals surface area (Å²) in [5.41, 5.74) is 1.12. The fourth-order valence-corrected chi connectivity index (χ4v) is 5.25. The van der Waals surface area contributed by atoms with Crippen molar-refractivity contribution in [3.63, 3.8) is 0 Å². The van der Waals surface area contributed by atoms with Crippen LogP contribution < -0.4 is 5.43 Å². The summed E-state index contributed by atoms with van der Waals surface area (Å²) >= 11 is 0. The van der Waals surface area contributed by atoms with Crippen LogP contribution in [0.15, 0.2) is 63.8 Å². The van der Waals surface area contributed by atoms with Crippen LogP contribution in [-0.2, 0) is 6.54 Å². The monoisotopic (exact) mass is 434 g/mol. The summed E-state index contributed by atoms with van der Waals surface area (Å²) in [6.45, 7) is 3.66. The number of hydrogen-bond acceptors (Lipinski definition) is 4. The molecule has 2 aliphatic heterocycles. The number of amides is 1. The van der Waals surface area contributed by atoms with E-state index in [1.54, 1.807) is 0 Å². The van der Waals surface area contributed by atoms with Gasteiger partial charge >= 0.3 is 0 Å². The Balaban J connectivity index is 1.28. The summed E-state index contributed by atoms with van der Waals surface area (Å²) in [5.74, 6) is -0.311. The van der Waals surface area contributed by atoms with Crippen LogP contribution in [0.3, 0.4) is 0 Å². The molecule has 6 heteroatoms. The number of benzene rings is 2. The smallest absolute Gasteiger partial charge is 0.289 e. The molecule has 3 aromatic rings. The van der Waals surface area contributed by atoms with Crippen molar-refractivity contribution in [2.75, 3.05) is 19.6 Å². The zero-order valence-corrected chi connectivity index (χ0v) is 18.0. The first-order valence-electron chi connectivity index (χ1n) is 11.4. The molecule has 2 saturated heterocycles. The average Bonchev–Trinajstić information content (AvgIpc) is 3.29. The summed E-state index contributed by atoms with van der Waals surface area (Å²) in [5, 5.41) is 0.284. The molecule has 5 nitrogen and oxygen atoms in total. The van der Waals surface area contributed by atoms with E-state index in [1.165, 1.54) is 23.8 Å². The van der Waals surface area contributed by atoms with Crippen molar-refractivity contribution in [2.45, 2.75) is 38.3 Å². The Hall–Kier alpha value is -2.99. The van der Waals surface area contributed by atoms with Crippen LogP contribution in [0.5, 0.6) is 0 Å². The second kappa shape index (κ2) is 8.87. The predicted octanol–water partition coefficient (Wildman–Crippen LogP) is 4.45. The van der Waals surface area contributed by atoms with E-state index in [4.69, 9.17) is 4.42 Å². The zero-order valence-electron chi connectivity index (χ0n) is 18.0. The number of likely N-dealkylation sites (tertiary alicyclic amines) is 2. The third-order valence-electron chi connectivity index (χ3n) is 6.89. The van der Waals surface area contributed by atoms with Crippen LogP contribution in [0.2, 0.25) is 0 Å². The minimum absolute atomic E-state index is 0.00140. The van der Waals surface area contributed by atoms with Gasteiger partial charge in [-0.25, -0.2) is 4.39 Å². The molecule has 0 radical (unpaired) electrons. The van der Waals surface area contributed by atoms with Gasteiger partial charge in [-0.3, -0.25) is 14.5 Å². The van der Waals surface area contributed by atoms with Crippen LogP contribution in [0.1, 0.15) is 41.8 Å². The molecule has 1 aromatic heterocycles. The van der Waals surface area contributed by atoms with Crippen LogP contribution >= 0.6 is 0 Å². The third-order valence-corrected chi connectivity index (χ3v) is 6.89. The highest BCUT2D eigenvalue weighted by molar-refractivity contribution is 5.93. The fraction of sp³-hybridized carbons (Fsp3) is 0.385. The maximum atomic E-state index is 13.6. The van der Waals surface area contributed by atoms with Crippen LogP contribution in [0.25, 0.3) is 11.0 Å². The summed E-state index contributed by atoms with van der Waals surface area (Å²) in [4.78, 5) is 30.1. The van der Waals surface area contributed by atoms with Crippen molar-refractivity contribution in [1.82, 2.24) is 9.80 Å². The van der Waals surface area contributed by atoms with E-state index in [9.17, 15) is 14.0 Å². The molecule has 0 aliphatic carbocycles. The second-order valence-electron chi connectivity index (χ2n) is 8.92. The van der Waals surface area contributed by atoms with E-state index in [0.717, 1.165) is 51.4 Å². The molecule has 1 atom stereocenters. The Morgan fingerprint density at radius 1 is 1.00 bits per heavy atom. The van der Waals surface area contributed by atoms with E-state index < -0.39 is 5.82 Å². The second-order valence-corrected chi connectivity index (χ2v) is 8.92. The van der Waals surface area contributed by atoms with Gasteiger partial charge in [-0.15, -0.1) is 0 Å². The van der Waals surface area contributed by atoms with Crippen LogP contribution in [0, 0.1) is 11.7 Å². The Labute approximate surface area is 186 Å². The molecule has 2 fully saturated rings. The fourth-order valence-electron chi connectivity index (χ4n) is 5.25. The lowest BCUT2D eigenvalue weighted by atomic mass is 9.87. The lowest BCUT2D eigenvalue weighted by molar-refractivity contribution is 0.0585. The molecule has 166 valence electrons. The number of rotatable bonds is 4. The molecule has 0 bridgehead atoms. The third kappa shape index (κ3) is 4.19. The van der Waals surface area contributed by atoms with Crippen LogP contribution in [0.4, 0.5) is 4.39 Å². The van der Waals surface area contributed by atoms with Crippen LogP contribution in [-0.4, -0.2) is 41.4 Å². The molecule has 0 spiro atoms. The predicted molar refractivity (Wildman–Crippen MR) is 121 cm³/mol. The minimum Gasteiger partial charge on any atom is -0.451 e. The molecule has 1 unspecified atom stereocenters. The van der Waals surface area contributed by atoms with E-state index in [0.29, 0.717) is 12.5 Å². The van der Waals surface area contributed by atoms with Gasteiger partial charge in [0.15, 0.2) is 11.2 Å². The normalized spacial score (nSPS) is 20.2. The average molecular weight is 435 g/mol. The van der Waals surface area contributed by atoms with Gasteiger partial charge in [-0.1, -0.05) is 30.3 Å². The number of nitrogens with zero attached hydrogens (tertiary/aromatic N) is 2. The number of piperidine rings is 1. The summed E-state index contributed by atoms with van der Waals surface area (Å²) in [6, 6.07) is 15.7. The van der Waals surface area contributed by atoms with Gasteiger partial charge in [0.25, 0.3) is 5.91 Å². The lowest BCUT2D eigenvalue weighted by Gasteiger charge is -2.38. The quantitative estimate of drug-likeness (QED) is 0.609. The number of carbonyl (C=O) groups is 1. The highest BCUT2D eigenvalue weighted by Crippen LogP contribution is 2.32. The van der Waals surface area contributed by atoms with E-state index >= 15 is 0 Å². The highest BCUT2D eigenvalue weighted by atomic mass is 19.1. The standard InChI is InChI=1S/C26H27FN2O3/c27-20-8-9-21-23(30)16-25(32-24(21)15-20)26(31)29-12-4-7-22(29)19-10-13-28(14-11-19)17-18-5-2-1-3-6-18/h1-3,5-6,8-9,15-16,19,22H,4,7,10-14,17H2. The topological polar surface area (TPSA) is 53.8 Å². The van der Waals surface area contributed by atoms with Crippen molar-refractivity contribution >= 4 is 16.9 Å². The number of halogens is 1.